The molecule has 0 unspecified atom stereocenters. The molecule has 2 heterocycles. The van der Waals surface area contributed by atoms with Crippen molar-refractivity contribution in [3.8, 4) is 0 Å². The van der Waals surface area contributed by atoms with E-state index >= 15 is 0 Å². The van der Waals surface area contributed by atoms with E-state index < -0.39 is 11.7 Å². The first-order valence-electron chi connectivity index (χ1n) is 7.44. The Bertz CT molecular complexity index is 589. The van der Waals surface area contributed by atoms with Crippen LogP contribution >= 0.6 is 0 Å². The Morgan fingerprint density at radius 3 is 2.33 bits per heavy atom. The van der Waals surface area contributed by atoms with Gasteiger partial charge in [0.15, 0.2) is 0 Å². The number of amides is 1. The van der Waals surface area contributed by atoms with Crippen molar-refractivity contribution in [3.63, 3.8) is 0 Å². The number of benzene rings is 1. The predicted octanol–water partition coefficient (Wildman–Crippen LogP) is 1.38. The summed E-state index contributed by atoms with van der Waals surface area (Å²) >= 11 is 0. The first kappa shape index (κ1) is 14.1. The average molecular weight is 287 g/mol. The summed E-state index contributed by atoms with van der Waals surface area (Å²) in [5, 5.41) is 0. The number of nitrogens with zero attached hydrogens (tertiary/aromatic N) is 3. The molecule has 2 aliphatic heterocycles. The lowest BCUT2D eigenvalue weighted by Crippen LogP contribution is -2.48. The molecule has 2 aliphatic rings. The van der Waals surface area contributed by atoms with Crippen LogP contribution in [0.15, 0.2) is 18.2 Å². The Hall–Kier alpha value is -1.88. The van der Waals surface area contributed by atoms with Gasteiger partial charge in [-0.25, -0.2) is 0 Å². The van der Waals surface area contributed by atoms with Crippen LogP contribution in [0.4, 0.5) is 11.4 Å². The highest BCUT2D eigenvalue weighted by molar-refractivity contribution is 6.52. The zero-order valence-corrected chi connectivity index (χ0v) is 12.8. The third-order valence-corrected chi connectivity index (χ3v) is 4.50. The first-order valence-corrected chi connectivity index (χ1v) is 7.44. The fraction of sp³-hybridized carbons (Fsp3) is 0.500. The number of Topliss-reactive ketones (excluding diaryl/α,β-unsaturated/α-hetero) is 1. The Morgan fingerprint density at radius 2 is 1.71 bits per heavy atom. The standard InChI is InChI=1S/C16H21N3O2/c1-11(2)18-6-8-19(9-7-18)12-4-5-13-14(10-12)17(3)16(21)15(13)20/h4-5,10-11H,6-9H2,1-3H3. The lowest BCUT2D eigenvalue weighted by atomic mass is 10.1. The minimum atomic E-state index is -0.438. The number of anilines is 2. The molecule has 1 aromatic carbocycles. The van der Waals surface area contributed by atoms with Gasteiger partial charge in [-0.2, -0.15) is 0 Å². The molecule has 0 aromatic heterocycles. The van der Waals surface area contributed by atoms with Crippen molar-refractivity contribution in [1.29, 1.82) is 0 Å². The highest BCUT2D eigenvalue weighted by atomic mass is 16.2. The summed E-state index contributed by atoms with van der Waals surface area (Å²) < 4.78 is 0. The quantitative estimate of drug-likeness (QED) is 0.771. The number of ketones is 1. The van der Waals surface area contributed by atoms with Gasteiger partial charge in [0.25, 0.3) is 11.7 Å². The van der Waals surface area contributed by atoms with Crippen LogP contribution in [0.1, 0.15) is 24.2 Å². The number of hydrogen-bond acceptors (Lipinski definition) is 4. The van der Waals surface area contributed by atoms with Crippen LogP contribution < -0.4 is 9.80 Å². The molecule has 0 aliphatic carbocycles. The molecule has 0 bridgehead atoms. The Kier molecular flexibility index (Phi) is 3.45. The molecule has 0 atom stereocenters. The van der Waals surface area contributed by atoms with Crippen molar-refractivity contribution < 1.29 is 9.59 Å². The second-order valence-corrected chi connectivity index (χ2v) is 6.01. The molecule has 5 heteroatoms. The van der Waals surface area contributed by atoms with Gasteiger partial charge in [-0.1, -0.05) is 0 Å². The van der Waals surface area contributed by atoms with E-state index in [0.29, 0.717) is 11.6 Å². The van der Waals surface area contributed by atoms with E-state index in [1.54, 1.807) is 13.1 Å². The fourth-order valence-electron chi connectivity index (χ4n) is 3.06. The zero-order valence-electron chi connectivity index (χ0n) is 12.8. The lowest BCUT2D eigenvalue weighted by molar-refractivity contribution is -0.114. The zero-order chi connectivity index (χ0) is 15.1. The SMILES string of the molecule is CC(C)N1CCN(c2ccc3c(c2)N(C)C(=O)C3=O)CC1. The molecule has 0 N–H and O–H groups in total. The summed E-state index contributed by atoms with van der Waals surface area (Å²) in [6.07, 6.45) is 0. The largest absolute Gasteiger partial charge is 0.369 e. The minimum Gasteiger partial charge on any atom is -0.369 e. The maximum absolute atomic E-state index is 11.8. The molecule has 1 fully saturated rings. The number of carbonyl (C=O) groups is 2. The molecule has 1 aromatic rings. The normalized spacial score (nSPS) is 19.6. The van der Waals surface area contributed by atoms with Crippen LogP contribution in [0.5, 0.6) is 0 Å². The van der Waals surface area contributed by atoms with Crippen molar-refractivity contribution in [1.82, 2.24) is 4.90 Å². The lowest BCUT2D eigenvalue weighted by Gasteiger charge is -2.38. The second kappa shape index (κ2) is 5.15. The van der Waals surface area contributed by atoms with E-state index in [-0.39, 0.29) is 0 Å². The monoisotopic (exact) mass is 287 g/mol. The van der Waals surface area contributed by atoms with E-state index in [1.165, 1.54) is 4.90 Å². The van der Waals surface area contributed by atoms with Gasteiger partial charge in [-0.05, 0) is 32.0 Å². The summed E-state index contributed by atoms with van der Waals surface area (Å²) in [6, 6.07) is 6.27. The van der Waals surface area contributed by atoms with Crippen molar-refractivity contribution in [2.24, 2.45) is 0 Å². The number of likely N-dealkylation sites (N-methyl/N-ethyl adjacent to an activating group) is 1. The fourth-order valence-corrected chi connectivity index (χ4v) is 3.06. The molecule has 1 saturated heterocycles. The van der Waals surface area contributed by atoms with E-state index in [9.17, 15) is 9.59 Å². The van der Waals surface area contributed by atoms with Crippen molar-refractivity contribution in [2.75, 3.05) is 43.0 Å². The third-order valence-electron chi connectivity index (χ3n) is 4.50. The van der Waals surface area contributed by atoms with Crippen LogP contribution in [-0.2, 0) is 4.79 Å². The number of rotatable bonds is 2. The molecule has 3 rings (SSSR count). The van der Waals surface area contributed by atoms with Gasteiger partial charge in [0.05, 0.1) is 11.3 Å². The van der Waals surface area contributed by atoms with Gasteiger partial charge in [-0.3, -0.25) is 14.5 Å². The van der Waals surface area contributed by atoms with Crippen LogP contribution in [0, 0.1) is 0 Å². The van der Waals surface area contributed by atoms with E-state index in [2.05, 4.69) is 23.6 Å². The second-order valence-electron chi connectivity index (χ2n) is 6.01. The molecule has 21 heavy (non-hydrogen) atoms. The predicted molar refractivity (Wildman–Crippen MR) is 83.1 cm³/mol. The number of piperazine rings is 1. The van der Waals surface area contributed by atoms with Crippen molar-refractivity contribution in [2.45, 2.75) is 19.9 Å². The number of fused-ring (bicyclic) bond motifs is 1. The summed E-state index contributed by atoms with van der Waals surface area (Å²) in [7, 11) is 1.66. The van der Waals surface area contributed by atoms with Gasteiger partial charge in [0, 0.05) is 45.0 Å². The highest BCUT2D eigenvalue weighted by Crippen LogP contribution is 2.32. The Balaban J connectivity index is 1.80. The van der Waals surface area contributed by atoms with Crippen molar-refractivity contribution in [3.05, 3.63) is 23.8 Å². The van der Waals surface area contributed by atoms with Crippen LogP contribution in [-0.4, -0.2) is 55.9 Å². The molecule has 5 nitrogen and oxygen atoms in total. The molecule has 0 radical (unpaired) electrons. The average Bonchev–Trinajstić information content (AvgIpc) is 2.72. The molecular weight excluding hydrogens is 266 g/mol. The first-order chi connectivity index (χ1) is 9.99. The summed E-state index contributed by atoms with van der Waals surface area (Å²) in [4.78, 5) is 29.8. The van der Waals surface area contributed by atoms with Crippen LogP contribution in [0.3, 0.4) is 0 Å². The van der Waals surface area contributed by atoms with E-state index in [4.69, 9.17) is 0 Å². The molecule has 112 valence electrons. The minimum absolute atomic E-state index is 0.399. The summed E-state index contributed by atoms with van der Waals surface area (Å²) in [5.41, 5.74) is 2.34. The Labute approximate surface area is 125 Å². The molecule has 0 saturated carbocycles. The van der Waals surface area contributed by atoms with E-state index in [1.807, 2.05) is 12.1 Å². The van der Waals surface area contributed by atoms with Gasteiger partial charge in [0.1, 0.15) is 0 Å². The third kappa shape index (κ3) is 2.31. The highest BCUT2D eigenvalue weighted by Gasteiger charge is 2.33. The molecule has 1 amide bonds. The summed E-state index contributed by atoms with van der Waals surface area (Å²) in [5.74, 6) is -0.838. The summed E-state index contributed by atoms with van der Waals surface area (Å²) in [6.45, 7) is 8.48. The van der Waals surface area contributed by atoms with Crippen molar-refractivity contribution >= 4 is 23.1 Å². The number of carbonyl (C=O) groups excluding carboxylic acids is 2. The molecule has 0 spiro atoms. The van der Waals surface area contributed by atoms with E-state index in [0.717, 1.165) is 37.6 Å². The topological polar surface area (TPSA) is 43.9 Å². The van der Waals surface area contributed by atoms with Gasteiger partial charge >= 0.3 is 0 Å². The maximum atomic E-state index is 11.8. The maximum Gasteiger partial charge on any atom is 0.299 e. The van der Waals surface area contributed by atoms with Crippen LogP contribution in [0.25, 0.3) is 0 Å². The van der Waals surface area contributed by atoms with Gasteiger partial charge < -0.3 is 9.80 Å². The van der Waals surface area contributed by atoms with Gasteiger partial charge in [0.2, 0.25) is 0 Å². The van der Waals surface area contributed by atoms with Crippen LogP contribution in [0.2, 0.25) is 0 Å². The molecular formula is C16H21N3O2. The smallest absolute Gasteiger partial charge is 0.299 e. The van der Waals surface area contributed by atoms with Gasteiger partial charge in [-0.15, -0.1) is 0 Å². The number of hydrogen-bond donors (Lipinski definition) is 0. The Morgan fingerprint density at radius 1 is 1.05 bits per heavy atom.